The van der Waals surface area contributed by atoms with Crippen molar-refractivity contribution in [1.29, 1.82) is 0 Å². The van der Waals surface area contributed by atoms with Crippen LogP contribution in [0.4, 0.5) is 5.69 Å². The number of para-hydroxylation sites is 1. The lowest BCUT2D eigenvalue weighted by Gasteiger charge is -2.08. The smallest absolute Gasteiger partial charge is 0.234 e. The molecule has 1 fully saturated rings. The van der Waals surface area contributed by atoms with Crippen molar-refractivity contribution in [1.82, 2.24) is 20.2 Å². The third-order valence-electron chi connectivity index (χ3n) is 3.80. The summed E-state index contributed by atoms with van der Waals surface area (Å²) in [5, 5.41) is 15.2. The number of carbonyl (C=O) groups excluding carboxylic acids is 1. The number of aromatic nitrogens is 4. The molecule has 1 saturated carbocycles. The van der Waals surface area contributed by atoms with Crippen LogP contribution in [0.1, 0.15) is 18.9 Å². The monoisotopic (exact) mass is 367 g/mol. The molecular weight excluding hydrogens is 350 g/mol. The third-order valence-corrected chi connectivity index (χ3v) is 4.74. The van der Waals surface area contributed by atoms with Crippen molar-refractivity contribution in [3.8, 4) is 11.5 Å². The predicted octanol–water partition coefficient (Wildman–Crippen LogP) is 3.53. The van der Waals surface area contributed by atoms with Crippen LogP contribution in [0.15, 0.2) is 59.8 Å². The molecule has 0 radical (unpaired) electrons. The third kappa shape index (κ3) is 4.20. The van der Waals surface area contributed by atoms with E-state index in [2.05, 4.69) is 20.8 Å². The van der Waals surface area contributed by atoms with E-state index in [1.54, 1.807) is 4.68 Å². The van der Waals surface area contributed by atoms with E-state index in [0.29, 0.717) is 16.9 Å². The number of carbonyl (C=O) groups is 1. The molecule has 8 heteroatoms. The molecule has 1 aliphatic carbocycles. The van der Waals surface area contributed by atoms with Gasteiger partial charge < -0.3 is 10.1 Å². The Balaban J connectivity index is 1.29. The summed E-state index contributed by atoms with van der Waals surface area (Å²) in [5.74, 6) is 1.65. The average Bonchev–Trinajstić information content (AvgIpc) is 3.40. The van der Waals surface area contributed by atoms with Crippen LogP contribution in [0, 0.1) is 0 Å². The van der Waals surface area contributed by atoms with Crippen LogP contribution < -0.4 is 10.1 Å². The number of rotatable bonds is 7. The number of thioether (sulfide) groups is 1. The van der Waals surface area contributed by atoms with Crippen LogP contribution in [0.5, 0.6) is 11.5 Å². The highest BCUT2D eigenvalue weighted by atomic mass is 32.2. The van der Waals surface area contributed by atoms with E-state index in [9.17, 15) is 4.79 Å². The molecule has 1 N–H and O–H groups in total. The van der Waals surface area contributed by atoms with Crippen molar-refractivity contribution in [3.05, 3.63) is 54.6 Å². The van der Waals surface area contributed by atoms with Gasteiger partial charge in [0.15, 0.2) is 0 Å². The van der Waals surface area contributed by atoms with Crippen LogP contribution >= 0.6 is 11.8 Å². The first-order valence-corrected chi connectivity index (χ1v) is 9.30. The molecule has 1 amide bonds. The summed E-state index contributed by atoms with van der Waals surface area (Å²) in [4.78, 5) is 12.1. The van der Waals surface area contributed by atoms with Crippen molar-refractivity contribution in [2.45, 2.75) is 24.0 Å². The Hall–Kier alpha value is -2.87. The molecular formula is C18H17N5O2S. The van der Waals surface area contributed by atoms with Crippen LogP contribution in [0.25, 0.3) is 0 Å². The van der Waals surface area contributed by atoms with Crippen molar-refractivity contribution in [2.24, 2.45) is 0 Å². The minimum Gasteiger partial charge on any atom is -0.457 e. The molecule has 0 aliphatic heterocycles. The molecule has 0 unspecified atom stereocenters. The topological polar surface area (TPSA) is 81.9 Å². The van der Waals surface area contributed by atoms with E-state index in [1.165, 1.54) is 11.8 Å². The van der Waals surface area contributed by atoms with Crippen molar-refractivity contribution in [3.63, 3.8) is 0 Å². The molecule has 1 aliphatic rings. The van der Waals surface area contributed by atoms with E-state index in [-0.39, 0.29) is 11.7 Å². The van der Waals surface area contributed by atoms with Gasteiger partial charge in [0.25, 0.3) is 0 Å². The van der Waals surface area contributed by atoms with E-state index in [4.69, 9.17) is 4.74 Å². The van der Waals surface area contributed by atoms with Gasteiger partial charge in [-0.1, -0.05) is 30.0 Å². The van der Waals surface area contributed by atoms with Crippen LogP contribution in [0.3, 0.4) is 0 Å². The summed E-state index contributed by atoms with van der Waals surface area (Å²) in [7, 11) is 0. The number of hydrogen-bond donors (Lipinski definition) is 1. The maximum Gasteiger partial charge on any atom is 0.234 e. The molecule has 1 heterocycles. The summed E-state index contributed by atoms with van der Waals surface area (Å²) >= 11 is 1.34. The molecule has 0 spiro atoms. The van der Waals surface area contributed by atoms with Gasteiger partial charge in [0.1, 0.15) is 11.5 Å². The quantitative estimate of drug-likeness (QED) is 0.643. The second kappa shape index (κ2) is 7.57. The summed E-state index contributed by atoms with van der Waals surface area (Å²) in [6.45, 7) is 0. The number of anilines is 1. The standard InChI is InChI=1S/C18H17N5O2S/c24-17(12-26-18-20-21-22-23(18)14-8-9-14)19-13-6-10-16(11-7-13)25-15-4-2-1-3-5-15/h1-7,10-11,14H,8-9,12H2,(H,19,24). The van der Waals surface area contributed by atoms with Gasteiger partial charge in [-0.05, 0) is 59.7 Å². The molecule has 0 saturated heterocycles. The number of tetrazole rings is 1. The largest absolute Gasteiger partial charge is 0.457 e. The van der Waals surface area contributed by atoms with Crippen molar-refractivity contribution in [2.75, 3.05) is 11.1 Å². The molecule has 0 bridgehead atoms. The van der Waals surface area contributed by atoms with Crippen molar-refractivity contribution >= 4 is 23.4 Å². The van der Waals surface area contributed by atoms with E-state index < -0.39 is 0 Å². The number of nitrogens with zero attached hydrogens (tertiary/aromatic N) is 4. The fourth-order valence-corrected chi connectivity index (χ4v) is 3.13. The fourth-order valence-electron chi connectivity index (χ4n) is 2.39. The first-order valence-electron chi connectivity index (χ1n) is 8.31. The van der Waals surface area contributed by atoms with E-state index in [0.717, 1.165) is 24.3 Å². The molecule has 132 valence electrons. The Morgan fingerprint density at radius 1 is 1.12 bits per heavy atom. The van der Waals surface area contributed by atoms with Gasteiger partial charge in [-0.25, -0.2) is 4.68 Å². The van der Waals surface area contributed by atoms with Crippen molar-refractivity contribution < 1.29 is 9.53 Å². The zero-order valence-electron chi connectivity index (χ0n) is 13.9. The Morgan fingerprint density at radius 2 is 1.85 bits per heavy atom. The lowest BCUT2D eigenvalue weighted by atomic mass is 10.3. The Morgan fingerprint density at radius 3 is 2.58 bits per heavy atom. The highest BCUT2D eigenvalue weighted by Gasteiger charge is 2.28. The number of nitrogens with one attached hydrogen (secondary N) is 1. The zero-order valence-corrected chi connectivity index (χ0v) is 14.7. The van der Waals surface area contributed by atoms with E-state index in [1.807, 2.05) is 54.6 Å². The van der Waals surface area contributed by atoms with Gasteiger partial charge in [-0.3, -0.25) is 4.79 Å². The molecule has 4 rings (SSSR count). The molecule has 7 nitrogen and oxygen atoms in total. The first kappa shape index (κ1) is 16.6. The summed E-state index contributed by atoms with van der Waals surface area (Å²) < 4.78 is 7.53. The van der Waals surface area contributed by atoms with Gasteiger partial charge in [0, 0.05) is 5.69 Å². The lowest BCUT2D eigenvalue weighted by molar-refractivity contribution is -0.113. The second-order valence-electron chi connectivity index (χ2n) is 5.91. The maximum atomic E-state index is 12.1. The van der Waals surface area contributed by atoms with Crippen LogP contribution in [-0.4, -0.2) is 31.9 Å². The summed E-state index contributed by atoms with van der Waals surface area (Å²) in [6, 6.07) is 17.2. The van der Waals surface area contributed by atoms with Gasteiger partial charge in [0.05, 0.1) is 11.8 Å². The van der Waals surface area contributed by atoms with Gasteiger partial charge in [-0.2, -0.15) is 0 Å². The minimum absolute atomic E-state index is 0.0999. The number of ether oxygens (including phenoxy) is 1. The Bertz CT molecular complexity index is 878. The van der Waals surface area contributed by atoms with Gasteiger partial charge >= 0.3 is 0 Å². The first-order chi connectivity index (χ1) is 12.8. The Labute approximate surface area is 154 Å². The molecule has 1 aromatic heterocycles. The second-order valence-corrected chi connectivity index (χ2v) is 6.86. The molecule has 26 heavy (non-hydrogen) atoms. The van der Waals surface area contributed by atoms with Crippen LogP contribution in [0.2, 0.25) is 0 Å². The zero-order chi connectivity index (χ0) is 17.8. The van der Waals surface area contributed by atoms with Crippen LogP contribution in [-0.2, 0) is 4.79 Å². The molecule has 2 aromatic carbocycles. The maximum absolute atomic E-state index is 12.1. The Kier molecular flexibility index (Phi) is 4.83. The number of amides is 1. The summed E-state index contributed by atoms with van der Waals surface area (Å²) in [6.07, 6.45) is 2.20. The normalized spacial score (nSPS) is 13.4. The predicted molar refractivity (Wildman–Crippen MR) is 98.4 cm³/mol. The minimum atomic E-state index is -0.0999. The highest BCUT2D eigenvalue weighted by Crippen LogP contribution is 2.36. The SMILES string of the molecule is O=C(CSc1nnnn1C1CC1)Nc1ccc(Oc2ccccc2)cc1. The lowest BCUT2D eigenvalue weighted by Crippen LogP contribution is -2.14. The average molecular weight is 367 g/mol. The van der Waals surface area contributed by atoms with E-state index >= 15 is 0 Å². The highest BCUT2D eigenvalue weighted by molar-refractivity contribution is 7.99. The van der Waals surface area contributed by atoms with Gasteiger partial charge in [0.2, 0.25) is 11.1 Å². The van der Waals surface area contributed by atoms with Gasteiger partial charge in [-0.15, -0.1) is 5.10 Å². The number of hydrogen-bond acceptors (Lipinski definition) is 6. The molecule has 0 atom stereocenters. The summed E-state index contributed by atoms with van der Waals surface area (Å²) in [5.41, 5.74) is 0.720. The fraction of sp³-hybridized carbons (Fsp3) is 0.222. The molecule has 3 aromatic rings. The number of benzene rings is 2.